The number of nitro groups is 1. The second-order valence-corrected chi connectivity index (χ2v) is 8.64. The Morgan fingerprint density at radius 1 is 1.30 bits per heavy atom. The lowest BCUT2D eigenvalue weighted by atomic mass is 10.2. The second kappa shape index (κ2) is 8.38. The molecule has 2 aromatic heterocycles. The number of halogens is 1. The van der Waals surface area contributed by atoms with Crippen LogP contribution >= 0.6 is 34.7 Å². The zero-order chi connectivity index (χ0) is 21.3. The SMILES string of the molecule is COc1ccc(-n2cc(CSc3nc(=O)c4cc(Cl)cc([N+](=O)[O-])c4s3)nn2)cc1. The molecular formula is C18H12ClN5O4S2. The molecule has 0 atom stereocenters. The molecule has 12 heteroatoms. The molecule has 0 spiro atoms. The Morgan fingerprint density at radius 2 is 2.07 bits per heavy atom. The zero-order valence-corrected chi connectivity index (χ0v) is 17.7. The molecule has 0 N–H and O–H groups in total. The van der Waals surface area contributed by atoms with Gasteiger partial charge in [0.05, 0.1) is 35.0 Å². The van der Waals surface area contributed by atoms with Crippen molar-refractivity contribution >= 4 is 50.5 Å². The maximum absolute atomic E-state index is 12.3. The molecule has 4 rings (SSSR count). The smallest absolute Gasteiger partial charge is 0.288 e. The highest BCUT2D eigenvalue weighted by Crippen LogP contribution is 2.35. The Balaban J connectivity index is 1.57. The van der Waals surface area contributed by atoms with E-state index < -0.39 is 10.5 Å². The van der Waals surface area contributed by atoms with Crippen molar-refractivity contribution in [2.24, 2.45) is 0 Å². The summed E-state index contributed by atoms with van der Waals surface area (Å²) in [5, 5.41) is 19.8. The number of hydrogen-bond acceptors (Lipinski definition) is 9. The van der Waals surface area contributed by atoms with Crippen LogP contribution < -0.4 is 10.3 Å². The zero-order valence-electron chi connectivity index (χ0n) is 15.3. The molecule has 9 nitrogen and oxygen atoms in total. The number of nitrogens with zero attached hydrogens (tertiary/aromatic N) is 5. The second-order valence-electron chi connectivity index (χ2n) is 5.98. The van der Waals surface area contributed by atoms with Crippen molar-refractivity contribution in [1.82, 2.24) is 20.0 Å². The van der Waals surface area contributed by atoms with Gasteiger partial charge in [-0.15, -0.1) is 16.4 Å². The molecule has 0 unspecified atom stereocenters. The number of methoxy groups -OCH3 is 1. The molecule has 2 aromatic carbocycles. The average molecular weight is 462 g/mol. The summed E-state index contributed by atoms with van der Waals surface area (Å²) in [5.74, 6) is 1.13. The Labute approximate surface area is 182 Å². The number of hydrogen-bond donors (Lipinski definition) is 0. The van der Waals surface area contributed by atoms with E-state index in [9.17, 15) is 14.9 Å². The van der Waals surface area contributed by atoms with E-state index in [4.69, 9.17) is 16.3 Å². The topological polar surface area (TPSA) is 113 Å². The maximum Gasteiger partial charge on any atom is 0.288 e. The number of ether oxygens (including phenoxy) is 1. The number of thioether (sulfide) groups is 1. The third kappa shape index (κ3) is 4.13. The van der Waals surface area contributed by atoms with Crippen LogP contribution in [0.3, 0.4) is 0 Å². The minimum absolute atomic E-state index is 0.121. The highest BCUT2D eigenvalue weighted by atomic mass is 35.5. The summed E-state index contributed by atoms with van der Waals surface area (Å²) in [7, 11) is 1.60. The van der Waals surface area contributed by atoms with Gasteiger partial charge in [-0.2, -0.15) is 4.98 Å². The van der Waals surface area contributed by atoms with Gasteiger partial charge in [0, 0.05) is 16.8 Å². The number of rotatable bonds is 6. The van der Waals surface area contributed by atoms with E-state index in [1.165, 1.54) is 23.9 Å². The largest absolute Gasteiger partial charge is 0.497 e. The van der Waals surface area contributed by atoms with Gasteiger partial charge in [-0.05, 0) is 30.3 Å². The van der Waals surface area contributed by atoms with Crippen molar-refractivity contribution in [2.75, 3.05) is 7.11 Å². The van der Waals surface area contributed by atoms with Gasteiger partial charge in [0.2, 0.25) is 0 Å². The van der Waals surface area contributed by atoms with Crippen molar-refractivity contribution in [3.05, 3.63) is 73.8 Å². The first-order valence-corrected chi connectivity index (χ1v) is 10.6. The monoisotopic (exact) mass is 461 g/mol. The fourth-order valence-electron chi connectivity index (χ4n) is 2.66. The van der Waals surface area contributed by atoms with E-state index in [1.54, 1.807) is 18.0 Å². The number of fused-ring (bicyclic) bond motifs is 1. The lowest BCUT2D eigenvalue weighted by Gasteiger charge is -2.02. The number of aromatic nitrogens is 4. The molecule has 0 radical (unpaired) electrons. The molecule has 0 aliphatic rings. The van der Waals surface area contributed by atoms with Crippen LogP contribution in [0.25, 0.3) is 15.8 Å². The van der Waals surface area contributed by atoms with E-state index in [0.717, 1.165) is 22.8 Å². The van der Waals surface area contributed by atoms with Crippen LogP contribution in [0.1, 0.15) is 5.69 Å². The number of non-ortho nitro benzene ring substituents is 1. The fraction of sp³-hybridized carbons (Fsp3) is 0.111. The molecule has 0 amide bonds. The summed E-state index contributed by atoms with van der Waals surface area (Å²) in [6.45, 7) is 0. The summed E-state index contributed by atoms with van der Waals surface area (Å²) in [6.07, 6.45) is 1.76. The first kappa shape index (κ1) is 20.3. The molecule has 0 aliphatic heterocycles. The number of benzene rings is 2. The van der Waals surface area contributed by atoms with E-state index >= 15 is 0 Å². The summed E-state index contributed by atoms with van der Waals surface area (Å²) < 4.78 is 7.41. The highest BCUT2D eigenvalue weighted by molar-refractivity contribution is 8.00. The Morgan fingerprint density at radius 3 is 2.77 bits per heavy atom. The van der Waals surface area contributed by atoms with Crippen LogP contribution in [-0.4, -0.2) is 32.0 Å². The lowest BCUT2D eigenvalue weighted by Crippen LogP contribution is -2.06. The molecule has 4 aromatic rings. The molecule has 152 valence electrons. The van der Waals surface area contributed by atoms with Gasteiger partial charge in [0.1, 0.15) is 10.4 Å². The van der Waals surface area contributed by atoms with Crippen molar-refractivity contribution in [2.45, 2.75) is 10.1 Å². The lowest BCUT2D eigenvalue weighted by molar-refractivity contribution is -0.382. The summed E-state index contributed by atoms with van der Waals surface area (Å²) >= 11 is 8.23. The van der Waals surface area contributed by atoms with E-state index in [-0.39, 0.29) is 20.8 Å². The van der Waals surface area contributed by atoms with Crippen molar-refractivity contribution in [1.29, 1.82) is 0 Å². The third-order valence-corrected chi connectivity index (χ3v) is 6.56. The van der Waals surface area contributed by atoms with Crippen LogP contribution in [0.4, 0.5) is 5.69 Å². The van der Waals surface area contributed by atoms with Gasteiger partial charge in [-0.1, -0.05) is 28.6 Å². The normalized spacial score (nSPS) is 11.0. The molecular weight excluding hydrogens is 450 g/mol. The van der Waals surface area contributed by atoms with Gasteiger partial charge in [0.25, 0.3) is 11.2 Å². The number of nitro benzene ring substituents is 1. The van der Waals surface area contributed by atoms with Crippen molar-refractivity contribution in [3.8, 4) is 11.4 Å². The van der Waals surface area contributed by atoms with Crippen LogP contribution in [0.15, 0.2) is 51.7 Å². The summed E-state index contributed by atoms with van der Waals surface area (Å²) in [4.78, 5) is 27.1. The molecule has 0 bridgehead atoms. The molecule has 0 saturated carbocycles. The quantitative estimate of drug-likeness (QED) is 0.239. The van der Waals surface area contributed by atoms with E-state index in [2.05, 4.69) is 15.3 Å². The summed E-state index contributed by atoms with van der Waals surface area (Å²) in [6, 6.07) is 9.97. The van der Waals surface area contributed by atoms with Crippen LogP contribution in [0.5, 0.6) is 5.75 Å². The van der Waals surface area contributed by atoms with Crippen LogP contribution in [0.2, 0.25) is 5.02 Å². The van der Waals surface area contributed by atoms with Crippen LogP contribution in [0, 0.1) is 10.1 Å². The Bertz CT molecular complexity index is 1310. The van der Waals surface area contributed by atoms with Crippen molar-refractivity contribution < 1.29 is 9.66 Å². The standard InChI is InChI=1S/C18H12ClN5O4S2/c1-28-13-4-2-12(3-5-13)23-8-11(21-22-23)9-29-18-20-17(25)14-6-10(19)7-15(24(26)27)16(14)30-18/h2-8H,9H2,1H3. The first-order chi connectivity index (χ1) is 14.4. The predicted octanol–water partition coefficient (Wildman–Crippen LogP) is 4.10. The van der Waals surface area contributed by atoms with Gasteiger partial charge in [0.15, 0.2) is 4.34 Å². The minimum Gasteiger partial charge on any atom is -0.497 e. The van der Waals surface area contributed by atoms with Crippen LogP contribution in [-0.2, 0) is 5.75 Å². The predicted molar refractivity (Wildman–Crippen MR) is 115 cm³/mol. The van der Waals surface area contributed by atoms with Gasteiger partial charge >= 0.3 is 0 Å². The van der Waals surface area contributed by atoms with Gasteiger partial charge in [-0.25, -0.2) is 4.68 Å². The van der Waals surface area contributed by atoms with Gasteiger partial charge < -0.3 is 4.74 Å². The first-order valence-electron chi connectivity index (χ1n) is 8.42. The van der Waals surface area contributed by atoms with Crippen molar-refractivity contribution in [3.63, 3.8) is 0 Å². The average Bonchev–Trinajstić information content (AvgIpc) is 3.21. The van der Waals surface area contributed by atoms with Gasteiger partial charge in [-0.3, -0.25) is 14.9 Å². The molecule has 30 heavy (non-hydrogen) atoms. The van der Waals surface area contributed by atoms with E-state index in [1.807, 2.05) is 24.3 Å². The third-order valence-electron chi connectivity index (χ3n) is 4.06. The Hall–Kier alpha value is -3.02. The molecule has 2 heterocycles. The molecule has 0 fully saturated rings. The highest BCUT2D eigenvalue weighted by Gasteiger charge is 2.18. The Kier molecular flexibility index (Phi) is 5.66. The minimum atomic E-state index is -0.557. The molecule has 0 saturated heterocycles. The maximum atomic E-state index is 12.3. The van der Waals surface area contributed by atoms with E-state index in [0.29, 0.717) is 15.8 Å². The molecule has 0 aliphatic carbocycles. The fourth-order valence-corrected chi connectivity index (χ4v) is 4.88. The summed E-state index contributed by atoms with van der Waals surface area (Å²) in [5.41, 5.74) is 0.719.